The highest BCUT2D eigenvalue weighted by molar-refractivity contribution is 7.92. The summed E-state index contributed by atoms with van der Waals surface area (Å²) in [7, 11) is -0.218. The Bertz CT molecular complexity index is 1100. The summed E-state index contributed by atoms with van der Waals surface area (Å²) in [6, 6.07) is 14.5. The molecule has 3 aromatic rings. The van der Waals surface area contributed by atoms with Gasteiger partial charge < -0.3 is 10.1 Å². The van der Waals surface area contributed by atoms with Crippen LogP contribution in [0.5, 0.6) is 5.75 Å². The Labute approximate surface area is 168 Å². The first-order valence-electron chi connectivity index (χ1n) is 8.61. The van der Waals surface area contributed by atoms with Gasteiger partial charge in [-0.1, -0.05) is 12.1 Å². The van der Waals surface area contributed by atoms with Gasteiger partial charge in [0, 0.05) is 11.7 Å². The number of nitrogens with zero attached hydrogens (tertiary/aromatic N) is 1. The number of rotatable bonds is 6. The van der Waals surface area contributed by atoms with Crippen LogP contribution in [0.15, 0.2) is 48.5 Å². The van der Waals surface area contributed by atoms with Gasteiger partial charge in [0.2, 0.25) is 10.0 Å². The third-order valence-electron chi connectivity index (χ3n) is 4.55. The molecular weight excluding hydrogens is 396 g/mol. The number of hydrogen-bond donors (Lipinski definition) is 1. The highest BCUT2D eigenvalue weighted by Gasteiger charge is 2.16. The molecule has 0 saturated carbocycles. The molecular formula is C20H22N2O4S2. The summed E-state index contributed by atoms with van der Waals surface area (Å²) >= 11 is 1.38. The molecule has 3 rings (SSSR count). The van der Waals surface area contributed by atoms with Gasteiger partial charge in [-0.05, 0) is 54.3 Å². The highest BCUT2D eigenvalue weighted by atomic mass is 32.2. The smallest absolute Gasteiger partial charge is 0.261 e. The third-order valence-corrected chi connectivity index (χ3v) is 6.87. The van der Waals surface area contributed by atoms with E-state index in [9.17, 15) is 13.2 Å². The predicted molar refractivity (Wildman–Crippen MR) is 114 cm³/mol. The van der Waals surface area contributed by atoms with Crippen molar-refractivity contribution in [2.75, 3.05) is 24.7 Å². The van der Waals surface area contributed by atoms with Gasteiger partial charge in [-0.25, -0.2) is 8.42 Å². The standard InChI is InChI=1S/C20H22N2O4S2/c1-13(14-5-8-17(26-3)9-6-14)21-20(23)19-12-15-11-16(7-10-18(15)27-19)22(2)28(4,24)25/h5-13H,1-4H3,(H,21,23)/t13-/m0/s1. The molecule has 148 valence electrons. The lowest BCUT2D eigenvalue weighted by Gasteiger charge is -2.16. The van der Waals surface area contributed by atoms with Gasteiger partial charge in [-0.3, -0.25) is 9.10 Å². The summed E-state index contributed by atoms with van der Waals surface area (Å²) < 4.78 is 30.8. The SMILES string of the molecule is COc1ccc([C@H](C)NC(=O)c2cc3cc(N(C)S(C)(=O)=O)ccc3s2)cc1. The number of benzene rings is 2. The number of thiophene rings is 1. The number of hydrogen-bond acceptors (Lipinski definition) is 5. The molecule has 0 spiro atoms. The fourth-order valence-corrected chi connectivity index (χ4v) is 4.22. The average molecular weight is 419 g/mol. The molecule has 0 radical (unpaired) electrons. The summed E-state index contributed by atoms with van der Waals surface area (Å²) in [5.41, 5.74) is 1.54. The molecule has 8 heteroatoms. The minimum atomic E-state index is -3.34. The number of ether oxygens (including phenoxy) is 1. The predicted octanol–water partition coefficient (Wildman–Crippen LogP) is 3.80. The number of carbonyl (C=O) groups excluding carboxylic acids is 1. The molecule has 0 saturated heterocycles. The summed E-state index contributed by atoms with van der Waals surface area (Å²) in [4.78, 5) is 13.2. The van der Waals surface area contributed by atoms with E-state index in [0.29, 0.717) is 10.6 Å². The van der Waals surface area contributed by atoms with Crippen LogP contribution in [0, 0.1) is 0 Å². The summed E-state index contributed by atoms with van der Waals surface area (Å²) in [6.45, 7) is 1.92. The number of methoxy groups -OCH3 is 1. The maximum atomic E-state index is 12.7. The zero-order valence-corrected chi connectivity index (χ0v) is 17.7. The molecule has 0 aliphatic carbocycles. The maximum absolute atomic E-state index is 12.7. The van der Waals surface area contributed by atoms with Gasteiger partial charge in [-0.15, -0.1) is 11.3 Å². The lowest BCUT2D eigenvalue weighted by Crippen LogP contribution is -2.25. The Hall–Kier alpha value is -2.58. The Morgan fingerprint density at radius 3 is 2.43 bits per heavy atom. The van der Waals surface area contributed by atoms with E-state index >= 15 is 0 Å². The largest absolute Gasteiger partial charge is 0.497 e. The van der Waals surface area contributed by atoms with Gasteiger partial charge >= 0.3 is 0 Å². The van der Waals surface area contributed by atoms with E-state index in [1.807, 2.05) is 37.3 Å². The van der Waals surface area contributed by atoms with Crippen LogP contribution in [0.2, 0.25) is 0 Å². The summed E-state index contributed by atoms with van der Waals surface area (Å²) in [5, 5.41) is 3.83. The monoisotopic (exact) mass is 418 g/mol. The van der Waals surface area contributed by atoms with Crippen molar-refractivity contribution in [3.8, 4) is 5.75 Å². The lowest BCUT2D eigenvalue weighted by atomic mass is 10.1. The number of anilines is 1. The van der Waals surface area contributed by atoms with Crippen molar-refractivity contribution in [1.29, 1.82) is 0 Å². The molecule has 1 atom stereocenters. The van der Waals surface area contributed by atoms with Crippen molar-refractivity contribution in [2.45, 2.75) is 13.0 Å². The van der Waals surface area contributed by atoms with Crippen LogP contribution in [0.25, 0.3) is 10.1 Å². The molecule has 0 fully saturated rings. The fraction of sp³-hybridized carbons (Fsp3) is 0.250. The quantitative estimate of drug-likeness (QED) is 0.661. The molecule has 1 aromatic heterocycles. The summed E-state index contributed by atoms with van der Waals surface area (Å²) in [5.74, 6) is 0.601. The number of nitrogens with one attached hydrogen (secondary N) is 1. The van der Waals surface area contributed by atoms with Crippen LogP contribution in [-0.4, -0.2) is 34.7 Å². The van der Waals surface area contributed by atoms with Crippen molar-refractivity contribution in [1.82, 2.24) is 5.32 Å². The Kier molecular flexibility index (Phi) is 5.62. The van der Waals surface area contributed by atoms with E-state index in [1.54, 1.807) is 25.3 Å². The molecule has 1 amide bonds. The third kappa shape index (κ3) is 4.28. The minimum absolute atomic E-state index is 0.157. The second-order valence-corrected chi connectivity index (χ2v) is 9.63. The second-order valence-electron chi connectivity index (χ2n) is 6.53. The zero-order valence-electron chi connectivity index (χ0n) is 16.1. The van der Waals surface area contributed by atoms with Gasteiger partial charge in [0.05, 0.1) is 30.0 Å². The highest BCUT2D eigenvalue weighted by Crippen LogP contribution is 2.30. The van der Waals surface area contributed by atoms with Crippen LogP contribution in [0.3, 0.4) is 0 Å². The molecule has 0 aliphatic heterocycles. The number of fused-ring (bicyclic) bond motifs is 1. The fourth-order valence-electron chi connectivity index (χ4n) is 2.77. The topological polar surface area (TPSA) is 75.7 Å². The van der Waals surface area contributed by atoms with E-state index in [4.69, 9.17) is 4.74 Å². The van der Waals surface area contributed by atoms with Crippen molar-refractivity contribution in [3.63, 3.8) is 0 Å². The molecule has 1 N–H and O–H groups in total. The van der Waals surface area contributed by atoms with E-state index in [2.05, 4.69) is 5.32 Å². The Morgan fingerprint density at radius 1 is 1.14 bits per heavy atom. The van der Waals surface area contributed by atoms with E-state index in [1.165, 1.54) is 22.7 Å². The van der Waals surface area contributed by atoms with Crippen molar-refractivity contribution >= 4 is 43.0 Å². The first kappa shape index (κ1) is 20.2. The maximum Gasteiger partial charge on any atom is 0.261 e. The molecule has 2 aromatic carbocycles. The van der Waals surface area contributed by atoms with Gasteiger partial charge in [-0.2, -0.15) is 0 Å². The van der Waals surface area contributed by atoms with Gasteiger partial charge in [0.15, 0.2) is 0 Å². The van der Waals surface area contributed by atoms with Gasteiger partial charge in [0.1, 0.15) is 5.75 Å². The number of sulfonamides is 1. The second kappa shape index (κ2) is 7.81. The first-order valence-corrected chi connectivity index (χ1v) is 11.3. The Morgan fingerprint density at radius 2 is 1.82 bits per heavy atom. The van der Waals surface area contributed by atoms with Crippen LogP contribution in [0.1, 0.15) is 28.2 Å². The molecule has 6 nitrogen and oxygen atoms in total. The summed E-state index contributed by atoms with van der Waals surface area (Å²) in [6.07, 6.45) is 1.16. The van der Waals surface area contributed by atoms with Crippen LogP contribution in [0.4, 0.5) is 5.69 Å². The van der Waals surface area contributed by atoms with E-state index in [0.717, 1.165) is 27.7 Å². The van der Waals surface area contributed by atoms with Crippen LogP contribution < -0.4 is 14.4 Å². The molecule has 0 bridgehead atoms. The molecule has 1 heterocycles. The van der Waals surface area contributed by atoms with Crippen molar-refractivity contribution in [3.05, 3.63) is 59.0 Å². The number of amides is 1. The lowest BCUT2D eigenvalue weighted by molar-refractivity contribution is 0.0944. The van der Waals surface area contributed by atoms with Crippen molar-refractivity contribution in [2.24, 2.45) is 0 Å². The first-order chi connectivity index (χ1) is 13.2. The van der Waals surface area contributed by atoms with Crippen molar-refractivity contribution < 1.29 is 17.9 Å². The van der Waals surface area contributed by atoms with E-state index in [-0.39, 0.29) is 11.9 Å². The molecule has 0 aliphatic rings. The van der Waals surface area contributed by atoms with Crippen LogP contribution >= 0.6 is 11.3 Å². The van der Waals surface area contributed by atoms with Crippen LogP contribution in [-0.2, 0) is 10.0 Å². The average Bonchev–Trinajstić information content (AvgIpc) is 3.10. The molecule has 28 heavy (non-hydrogen) atoms. The van der Waals surface area contributed by atoms with Gasteiger partial charge in [0.25, 0.3) is 5.91 Å². The normalized spacial score (nSPS) is 12.6. The number of carbonyl (C=O) groups is 1. The minimum Gasteiger partial charge on any atom is -0.497 e. The Balaban J connectivity index is 1.79. The molecule has 0 unspecified atom stereocenters. The van der Waals surface area contributed by atoms with E-state index < -0.39 is 10.0 Å². The zero-order chi connectivity index (χ0) is 20.5.